The predicted octanol–water partition coefficient (Wildman–Crippen LogP) is 1.57. The Morgan fingerprint density at radius 3 is 2.50 bits per heavy atom. The molecule has 0 N–H and O–H groups in total. The zero-order valence-electron chi connectivity index (χ0n) is 6.94. The number of benzene rings is 1. The van der Waals surface area contributed by atoms with Crippen LogP contribution in [0.25, 0.3) is 0 Å². The van der Waals surface area contributed by atoms with Gasteiger partial charge in [-0.25, -0.2) is 0 Å². The van der Waals surface area contributed by atoms with Gasteiger partial charge in [0.25, 0.3) is 0 Å². The van der Waals surface area contributed by atoms with Gasteiger partial charge in [-0.3, -0.25) is 4.90 Å². The number of nitrogens with zero attached hydrogens (tertiary/aromatic N) is 2. The first-order valence-corrected chi connectivity index (χ1v) is 4.01. The van der Waals surface area contributed by atoms with E-state index in [-0.39, 0.29) is 6.04 Å². The molecule has 1 aliphatic rings. The first kappa shape index (κ1) is 7.33. The number of nitriles is 1. The summed E-state index contributed by atoms with van der Waals surface area (Å²) >= 11 is 0. The van der Waals surface area contributed by atoms with Gasteiger partial charge in [-0.05, 0) is 12.6 Å². The minimum atomic E-state index is 0.0902. The molecule has 2 nitrogen and oxygen atoms in total. The highest BCUT2D eigenvalue weighted by Gasteiger charge is 2.45. The molecule has 1 unspecified atom stereocenters. The van der Waals surface area contributed by atoms with Gasteiger partial charge in [0.05, 0.1) is 12.1 Å². The number of likely N-dealkylation sites (N-methyl/N-ethyl adjacent to an activating group) is 1. The SMILES string of the molecule is CN1[C@@H](C#N)[C@@H]1c1ccccc1. The Hall–Kier alpha value is -1.33. The van der Waals surface area contributed by atoms with Crippen molar-refractivity contribution in [2.75, 3.05) is 7.05 Å². The van der Waals surface area contributed by atoms with E-state index in [0.717, 1.165) is 0 Å². The molecule has 1 aromatic rings. The van der Waals surface area contributed by atoms with Crippen molar-refractivity contribution in [3.63, 3.8) is 0 Å². The summed E-state index contributed by atoms with van der Waals surface area (Å²) < 4.78 is 0. The highest BCUT2D eigenvalue weighted by Crippen LogP contribution is 2.40. The molecule has 1 saturated heterocycles. The normalized spacial score (nSPS) is 32.5. The number of hydrogen-bond donors (Lipinski definition) is 0. The van der Waals surface area contributed by atoms with Crippen LogP contribution in [-0.2, 0) is 0 Å². The third kappa shape index (κ3) is 0.992. The summed E-state index contributed by atoms with van der Waals surface area (Å²) in [6, 6.07) is 12.8. The van der Waals surface area contributed by atoms with Gasteiger partial charge < -0.3 is 0 Å². The lowest BCUT2D eigenvalue weighted by Crippen LogP contribution is -1.87. The summed E-state index contributed by atoms with van der Waals surface area (Å²) in [4.78, 5) is 2.06. The van der Waals surface area contributed by atoms with Crippen LogP contribution in [-0.4, -0.2) is 18.0 Å². The Bertz CT molecular complexity index is 312. The Kier molecular flexibility index (Phi) is 1.60. The predicted molar refractivity (Wildman–Crippen MR) is 46.3 cm³/mol. The minimum Gasteiger partial charge on any atom is -0.280 e. The van der Waals surface area contributed by atoms with Crippen LogP contribution >= 0.6 is 0 Å². The van der Waals surface area contributed by atoms with Crippen molar-refractivity contribution in [2.24, 2.45) is 0 Å². The average Bonchev–Trinajstić information content (AvgIpc) is 2.78. The van der Waals surface area contributed by atoms with E-state index in [4.69, 9.17) is 5.26 Å². The summed E-state index contributed by atoms with van der Waals surface area (Å²) in [6.07, 6.45) is 0. The largest absolute Gasteiger partial charge is 0.280 e. The van der Waals surface area contributed by atoms with Gasteiger partial charge in [0.15, 0.2) is 0 Å². The monoisotopic (exact) mass is 158 g/mol. The van der Waals surface area contributed by atoms with Crippen LogP contribution in [0, 0.1) is 11.3 Å². The van der Waals surface area contributed by atoms with Crippen LogP contribution in [0.2, 0.25) is 0 Å². The van der Waals surface area contributed by atoms with Crippen LogP contribution < -0.4 is 0 Å². The molecule has 12 heavy (non-hydrogen) atoms. The average molecular weight is 158 g/mol. The van der Waals surface area contributed by atoms with Crippen molar-refractivity contribution in [1.82, 2.24) is 4.90 Å². The summed E-state index contributed by atoms with van der Waals surface area (Å²) in [5.74, 6) is 0. The van der Waals surface area contributed by atoms with Gasteiger partial charge in [0.1, 0.15) is 6.04 Å². The van der Waals surface area contributed by atoms with Crippen LogP contribution in [0.1, 0.15) is 11.6 Å². The van der Waals surface area contributed by atoms with Crippen molar-refractivity contribution in [3.8, 4) is 6.07 Å². The van der Waals surface area contributed by atoms with Gasteiger partial charge in [0, 0.05) is 0 Å². The zero-order chi connectivity index (χ0) is 8.55. The van der Waals surface area contributed by atoms with Gasteiger partial charge in [0.2, 0.25) is 0 Å². The summed E-state index contributed by atoms with van der Waals surface area (Å²) in [7, 11) is 1.98. The van der Waals surface area contributed by atoms with E-state index >= 15 is 0 Å². The molecule has 2 heteroatoms. The van der Waals surface area contributed by atoms with E-state index in [1.165, 1.54) is 5.56 Å². The molecule has 3 atom stereocenters. The molecule has 0 spiro atoms. The summed E-state index contributed by atoms with van der Waals surface area (Å²) in [5.41, 5.74) is 1.24. The molecule has 1 aromatic carbocycles. The maximum absolute atomic E-state index is 8.72. The van der Waals surface area contributed by atoms with Crippen molar-refractivity contribution in [3.05, 3.63) is 35.9 Å². The second kappa shape index (κ2) is 2.62. The van der Waals surface area contributed by atoms with Crippen LogP contribution in [0.5, 0.6) is 0 Å². The fourth-order valence-electron chi connectivity index (χ4n) is 1.57. The second-order valence-corrected chi connectivity index (χ2v) is 3.09. The standard InChI is InChI=1S/C10H10N2/c1-12-9(7-11)10(12)8-5-3-2-4-6-8/h2-6,9-10H,1H3/t9-,10-,12?/m0/s1. The lowest BCUT2D eigenvalue weighted by atomic mass is 10.1. The molecule has 0 aromatic heterocycles. The fraction of sp³-hybridized carbons (Fsp3) is 0.300. The van der Waals surface area contributed by atoms with Crippen molar-refractivity contribution < 1.29 is 0 Å². The smallest absolute Gasteiger partial charge is 0.118 e. The van der Waals surface area contributed by atoms with E-state index < -0.39 is 0 Å². The molecular formula is C10H10N2. The maximum Gasteiger partial charge on any atom is 0.118 e. The third-order valence-electron chi connectivity index (χ3n) is 2.36. The molecule has 0 saturated carbocycles. The maximum atomic E-state index is 8.72. The quantitative estimate of drug-likeness (QED) is 0.580. The van der Waals surface area contributed by atoms with Crippen molar-refractivity contribution in [2.45, 2.75) is 12.1 Å². The van der Waals surface area contributed by atoms with Gasteiger partial charge in [-0.15, -0.1) is 0 Å². The first-order valence-electron chi connectivity index (χ1n) is 4.01. The Morgan fingerprint density at radius 2 is 2.00 bits per heavy atom. The minimum absolute atomic E-state index is 0.0902. The van der Waals surface area contributed by atoms with Gasteiger partial charge in [-0.1, -0.05) is 30.3 Å². The number of hydrogen-bond acceptors (Lipinski definition) is 2. The highest BCUT2D eigenvalue weighted by molar-refractivity contribution is 5.30. The Balaban J connectivity index is 2.21. The third-order valence-corrected chi connectivity index (χ3v) is 2.36. The topological polar surface area (TPSA) is 26.8 Å². The van der Waals surface area contributed by atoms with Crippen molar-refractivity contribution in [1.29, 1.82) is 5.26 Å². The van der Waals surface area contributed by atoms with E-state index in [9.17, 15) is 0 Å². The van der Waals surface area contributed by atoms with Crippen LogP contribution in [0.15, 0.2) is 30.3 Å². The lowest BCUT2D eigenvalue weighted by molar-refractivity contribution is 0.615. The van der Waals surface area contributed by atoms with E-state index in [2.05, 4.69) is 23.1 Å². The molecule has 2 rings (SSSR count). The van der Waals surface area contributed by atoms with Gasteiger partial charge >= 0.3 is 0 Å². The highest BCUT2D eigenvalue weighted by atomic mass is 15.3. The summed E-state index contributed by atoms with van der Waals surface area (Å²) in [5, 5.41) is 8.72. The zero-order valence-corrected chi connectivity index (χ0v) is 6.94. The molecule has 1 heterocycles. The summed E-state index contributed by atoms with van der Waals surface area (Å²) in [6.45, 7) is 0. The molecule has 0 aliphatic carbocycles. The molecule has 1 aliphatic heterocycles. The van der Waals surface area contributed by atoms with E-state index in [0.29, 0.717) is 6.04 Å². The van der Waals surface area contributed by atoms with Gasteiger partial charge in [-0.2, -0.15) is 5.26 Å². The molecule has 0 radical (unpaired) electrons. The first-order chi connectivity index (χ1) is 5.84. The Labute approximate surface area is 72.0 Å². The van der Waals surface area contributed by atoms with E-state index in [1.54, 1.807) is 0 Å². The Morgan fingerprint density at radius 1 is 1.33 bits per heavy atom. The van der Waals surface area contributed by atoms with Crippen LogP contribution in [0.4, 0.5) is 0 Å². The molecule has 0 bridgehead atoms. The van der Waals surface area contributed by atoms with Crippen LogP contribution in [0.3, 0.4) is 0 Å². The van der Waals surface area contributed by atoms with E-state index in [1.807, 2.05) is 25.2 Å². The fourth-order valence-corrected chi connectivity index (χ4v) is 1.57. The lowest BCUT2D eigenvalue weighted by Gasteiger charge is -1.94. The number of rotatable bonds is 1. The molecular weight excluding hydrogens is 148 g/mol. The van der Waals surface area contributed by atoms with Crippen molar-refractivity contribution >= 4 is 0 Å². The molecule has 1 fully saturated rings. The second-order valence-electron chi connectivity index (χ2n) is 3.09. The molecule has 60 valence electrons. The molecule has 0 amide bonds.